The third-order valence-corrected chi connectivity index (χ3v) is 3.31. The van der Waals surface area contributed by atoms with E-state index in [0.717, 1.165) is 12.1 Å². The van der Waals surface area contributed by atoms with E-state index in [0.29, 0.717) is 16.9 Å². The Morgan fingerprint density at radius 2 is 1.72 bits per heavy atom. The van der Waals surface area contributed by atoms with Gasteiger partial charge in [0.25, 0.3) is 0 Å². The highest BCUT2D eigenvalue weighted by molar-refractivity contribution is 7.80. The number of carbonyl (C=O) groups excluding carboxylic acids is 1. The zero-order chi connectivity index (χ0) is 18.4. The first-order valence-corrected chi connectivity index (χ1v) is 7.73. The van der Waals surface area contributed by atoms with Crippen LogP contribution < -0.4 is 10.6 Å². The Bertz CT molecular complexity index is 761. The lowest BCUT2D eigenvalue weighted by Crippen LogP contribution is -2.19. The van der Waals surface area contributed by atoms with Gasteiger partial charge in [0.2, 0.25) is 0 Å². The van der Waals surface area contributed by atoms with E-state index >= 15 is 0 Å². The summed E-state index contributed by atoms with van der Waals surface area (Å²) in [5.41, 5.74) is 0.588. The fourth-order valence-electron chi connectivity index (χ4n) is 1.97. The van der Waals surface area contributed by atoms with Crippen LogP contribution in [0.15, 0.2) is 48.5 Å². The van der Waals surface area contributed by atoms with E-state index in [1.165, 1.54) is 12.1 Å². The molecule has 2 aromatic rings. The SMILES string of the molecule is CCOC(=O)c1cccc(NC(=S)Nc2ccc(C(F)(F)F)cc2)c1. The van der Waals surface area contributed by atoms with Crippen molar-refractivity contribution in [2.45, 2.75) is 13.1 Å². The van der Waals surface area contributed by atoms with E-state index in [-0.39, 0.29) is 11.7 Å². The lowest BCUT2D eigenvalue weighted by molar-refractivity contribution is -0.137. The smallest absolute Gasteiger partial charge is 0.416 e. The Balaban J connectivity index is 2.00. The molecule has 4 nitrogen and oxygen atoms in total. The predicted molar refractivity (Wildman–Crippen MR) is 93.7 cm³/mol. The van der Waals surface area contributed by atoms with Gasteiger partial charge in [-0.05, 0) is 61.6 Å². The maximum absolute atomic E-state index is 12.5. The maximum atomic E-state index is 12.5. The number of hydrogen-bond acceptors (Lipinski definition) is 3. The second-order valence-electron chi connectivity index (χ2n) is 4.96. The summed E-state index contributed by atoms with van der Waals surface area (Å²) in [6.07, 6.45) is -4.38. The van der Waals surface area contributed by atoms with Gasteiger partial charge in [0.15, 0.2) is 5.11 Å². The first-order chi connectivity index (χ1) is 11.8. The van der Waals surface area contributed by atoms with Crippen LogP contribution in [-0.4, -0.2) is 17.7 Å². The van der Waals surface area contributed by atoms with Gasteiger partial charge in [0.1, 0.15) is 0 Å². The summed E-state index contributed by atoms with van der Waals surface area (Å²) < 4.78 is 42.5. The molecule has 0 aromatic heterocycles. The minimum Gasteiger partial charge on any atom is -0.462 e. The van der Waals surface area contributed by atoms with E-state index in [1.54, 1.807) is 31.2 Å². The molecule has 0 saturated carbocycles. The zero-order valence-corrected chi connectivity index (χ0v) is 14.0. The highest BCUT2D eigenvalue weighted by Crippen LogP contribution is 2.29. The summed E-state index contributed by atoms with van der Waals surface area (Å²) in [5.74, 6) is -0.451. The molecule has 0 atom stereocenters. The minimum absolute atomic E-state index is 0.181. The van der Waals surface area contributed by atoms with Crippen molar-refractivity contribution in [3.63, 3.8) is 0 Å². The molecule has 0 amide bonds. The van der Waals surface area contributed by atoms with Crippen molar-refractivity contribution in [1.29, 1.82) is 0 Å². The number of nitrogens with one attached hydrogen (secondary N) is 2. The topological polar surface area (TPSA) is 50.4 Å². The average Bonchev–Trinajstić information content (AvgIpc) is 2.55. The Hall–Kier alpha value is -2.61. The Kier molecular flexibility index (Phi) is 5.97. The fourth-order valence-corrected chi connectivity index (χ4v) is 2.21. The predicted octanol–water partition coefficient (Wildman–Crippen LogP) is 4.69. The number of ether oxygens (including phenoxy) is 1. The van der Waals surface area contributed by atoms with Crippen molar-refractivity contribution in [3.05, 3.63) is 59.7 Å². The molecule has 2 N–H and O–H groups in total. The molecule has 0 aliphatic carbocycles. The second-order valence-corrected chi connectivity index (χ2v) is 5.36. The van der Waals surface area contributed by atoms with Crippen LogP contribution >= 0.6 is 12.2 Å². The van der Waals surface area contributed by atoms with Crippen LogP contribution in [0.1, 0.15) is 22.8 Å². The average molecular weight is 368 g/mol. The fraction of sp³-hybridized carbons (Fsp3) is 0.176. The van der Waals surface area contributed by atoms with Crippen LogP contribution in [0.3, 0.4) is 0 Å². The molecule has 25 heavy (non-hydrogen) atoms. The highest BCUT2D eigenvalue weighted by Gasteiger charge is 2.29. The van der Waals surface area contributed by atoms with Crippen molar-refractivity contribution < 1.29 is 22.7 Å². The lowest BCUT2D eigenvalue weighted by Gasteiger charge is -2.12. The second kappa shape index (κ2) is 7.98. The van der Waals surface area contributed by atoms with Crippen LogP contribution in [0.5, 0.6) is 0 Å². The number of rotatable bonds is 4. The maximum Gasteiger partial charge on any atom is 0.416 e. The molecular weight excluding hydrogens is 353 g/mol. The standard InChI is InChI=1S/C17H15F3N2O2S/c1-2-24-15(23)11-4-3-5-14(10-11)22-16(25)21-13-8-6-12(7-9-13)17(18,19)20/h3-10H,2H2,1H3,(H2,21,22,25). The first kappa shape index (κ1) is 18.7. The normalized spacial score (nSPS) is 10.9. The van der Waals surface area contributed by atoms with Crippen molar-refractivity contribution >= 4 is 34.7 Å². The summed E-state index contributed by atoms with van der Waals surface area (Å²) in [5, 5.41) is 5.82. The van der Waals surface area contributed by atoms with Gasteiger partial charge in [-0.25, -0.2) is 4.79 Å². The molecule has 0 fully saturated rings. The van der Waals surface area contributed by atoms with E-state index < -0.39 is 17.7 Å². The molecule has 0 unspecified atom stereocenters. The van der Waals surface area contributed by atoms with Crippen LogP contribution in [0, 0.1) is 0 Å². The number of benzene rings is 2. The van der Waals surface area contributed by atoms with Gasteiger partial charge in [-0.2, -0.15) is 13.2 Å². The van der Waals surface area contributed by atoms with Crippen molar-refractivity contribution in [3.8, 4) is 0 Å². The Morgan fingerprint density at radius 3 is 2.32 bits per heavy atom. The Morgan fingerprint density at radius 1 is 1.08 bits per heavy atom. The number of esters is 1. The largest absolute Gasteiger partial charge is 0.462 e. The van der Waals surface area contributed by atoms with Crippen LogP contribution in [0.25, 0.3) is 0 Å². The number of hydrogen-bond donors (Lipinski definition) is 2. The summed E-state index contributed by atoms with van der Waals surface area (Å²) in [6.45, 7) is 1.98. The minimum atomic E-state index is -4.38. The third-order valence-electron chi connectivity index (χ3n) is 3.10. The molecule has 2 aromatic carbocycles. The van der Waals surface area contributed by atoms with Crippen LogP contribution in [0.2, 0.25) is 0 Å². The number of anilines is 2. The summed E-state index contributed by atoms with van der Waals surface area (Å²) >= 11 is 5.12. The quantitative estimate of drug-likeness (QED) is 0.606. The molecule has 132 valence electrons. The number of carbonyl (C=O) groups is 1. The molecule has 0 spiro atoms. The molecule has 0 bridgehead atoms. The van der Waals surface area contributed by atoms with Gasteiger partial charge in [-0.3, -0.25) is 0 Å². The van der Waals surface area contributed by atoms with Crippen molar-refractivity contribution in [2.75, 3.05) is 17.2 Å². The van der Waals surface area contributed by atoms with Gasteiger partial charge in [-0.1, -0.05) is 6.07 Å². The first-order valence-electron chi connectivity index (χ1n) is 7.32. The molecule has 0 aliphatic heterocycles. The van der Waals surface area contributed by atoms with Gasteiger partial charge in [-0.15, -0.1) is 0 Å². The van der Waals surface area contributed by atoms with Crippen molar-refractivity contribution in [1.82, 2.24) is 0 Å². The number of thiocarbonyl (C=S) groups is 1. The molecule has 0 radical (unpaired) electrons. The van der Waals surface area contributed by atoms with E-state index in [2.05, 4.69) is 10.6 Å². The van der Waals surface area contributed by atoms with Crippen LogP contribution in [-0.2, 0) is 10.9 Å². The Labute approximate surface area is 148 Å². The van der Waals surface area contributed by atoms with Gasteiger partial charge >= 0.3 is 12.1 Å². The van der Waals surface area contributed by atoms with Crippen molar-refractivity contribution in [2.24, 2.45) is 0 Å². The highest BCUT2D eigenvalue weighted by atomic mass is 32.1. The summed E-state index contributed by atoms with van der Waals surface area (Å²) in [6, 6.07) is 11.0. The number of halogens is 3. The monoisotopic (exact) mass is 368 g/mol. The summed E-state index contributed by atoms with van der Waals surface area (Å²) in [7, 11) is 0. The zero-order valence-electron chi connectivity index (χ0n) is 13.2. The number of alkyl halides is 3. The van der Waals surface area contributed by atoms with E-state index in [9.17, 15) is 18.0 Å². The van der Waals surface area contributed by atoms with Gasteiger partial charge < -0.3 is 15.4 Å². The molecular formula is C17H15F3N2O2S. The van der Waals surface area contributed by atoms with E-state index in [4.69, 9.17) is 17.0 Å². The van der Waals surface area contributed by atoms with Gasteiger partial charge in [0, 0.05) is 11.4 Å². The molecule has 0 heterocycles. The molecule has 8 heteroatoms. The lowest BCUT2D eigenvalue weighted by atomic mass is 10.2. The molecule has 2 rings (SSSR count). The van der Waals surface area contributed by atoms with Gasteiger partial charge in [0.05, 0.1) is 17.7 Å². The molecule has 0 saturated heterocycles. The third kappa shape index (κ3) is 5.46. The van der Waals surface area contributed by atoms with Crippen LogP contribution in [0.4, 0.5) is 24.5 Å². The molecule has 0 aliphatic rings. The van der Waals surface area contributed by atoms with E-state index in [1.807, 2.05) is 0 Å². The summed E-state index contributed by atoms with van der Waals surface area (Å²) in [4.78, 5) is 11.7.